The maximum Gasteiger partial charge on any atom is 0.128 e. The van der Waals surface area contributed by atoms with Gasteiger partial charge in [-0.2, -0.15) is 5.10 Å². The van der Waals surface area contributed by atoms with Crippen molar-refractivity contribution < 1.29 is 8.78 Å². The highest BCUT2D eigenvalue weighted by molar-refractivity contribution is 5.19. The number of benzene rings is 1. The third-order valence-electron chi connectivity index (χ3n) is 2.39. The maximum absolute atomic E-state index is 13.4. The zero-order chi connectivity index (χ0) is 12.3. The lowest BCUT2D eigenvalue weighted by Gasteiger charge is -2.03. The quantitative estimate of drug-likeness (QED) is 0.880. The predicted molar refractivity (Wildman–Crippen MR) is 60.5 cm³/mol. The van der Waals surface area contributed by atoms with Crippen molar-refractivity contribution in [1.82, 2.24) is 15.1 Å². The second-order valence-corrected chi connectivity index (χ2v) is 3.77. The van der Waals surface area contributed by atoms with Crippen LogP contribution in [0.1, 0.15) is 11.3 Å². The van der Waals surface area contributed by atoms with Crippen LogP contribution < -0.4 is 5.32 Å². The van der Waals surface area contributed by atoms with E-state index in [1.165, 1.54) is 6.07 Å². The standard InChI is InChI=1S/C12H13F2N3/c1-15-7-11-4-5-17(16-11)8-9-6-10(13)2-3-12(9)14/h2-6,15H,7-8H2,1H3. The summed E-state index contributed by atoms with van der Waals surface area (Å²) in [4.78, 5) is 0. The molecule has 0 fully saturated rings. The Kier molecular flexibility index (Phi) is 3.49. The van der Waals surface area contributed by atoms with E-state index in [0.717, 1.165) is 17.8 Å². The molecule has 0 bridgehead atoms. The number of nitrogens with one attached hydrogen (secondary N) is 1. The van der Waals surface area contributed by atoms with Crippen LogP contribution in [0.3, 0.4) is 0 Å². The summed E-state index contributed by atoms with van der Waals surface area (Å²) in [6, 6.07) is 5.26. The normalized spacial score (nSPS) is 10.8. The molecule has 90 valence electrons. The minimum atomic E-state index is -0.441. The van der Waals surface area contributed by atoms with Crippen LogP contribution in [0.25, 0.3) is 0 Å². The Labute approximate surface area is 98.1 Å². The summed E-state index contributed by atoms with van der Waals surface area (Å²) in [6.45, 7) is 0.881. The Balaban J connectivity index is 2.16. The first-order valence-corrected chi connectivity index (χ1v) is 5.30. The van der Waals surface area contributed by atoms with Gasteiger partial charge in [0.1, 0.15) is 11.6 Å². The molecule has 3 nitrogen and oxygen atoms in total. The monoisotopic (exact) mass is 237 g/mol. The van der Waals surface area contributed by atoms with Crippen LogP contribution in [0.5, 0.6) is 0 Å². The van der Waals surface area contributed by atoms with Gasteiger partial charge in [-0.05, 0) is 31.3 Å². The SMILES string of the molecule is CNCc1ccn(Cc2cc(F)ccc2F)n1. The molecule has 1 N–H and O–H groups in total. The highest BCUT2D eigenvalue weighted by Gasteiger charge is 2.05. The summed E-state index contributed by atoms with van der Waals surface area (Å²) in [6.07, 6.45) is 1.75. The minimum absolute atomic E-state index is 0.229. The summed E-state index contributed by atoms with van der Waals surface area (Å²) >= 11 is 0. The lowest BCUT2D eigenvalue weighted by Crippen LogP contribution is -2.08. The summed E-state index contributed by atoms with van der Waals surface area (Å²) in [5, 5.41) is 7.20. The van der Waals surface area contributed by atoms with Gasteiger partial charge in [0, 0.05) is 18.3 Å². The summed E-state index contributed by atoms with van der Waals surface area (Å²) in [5.74, 6) is -0.860. The highest BCUT2D eigenvalue weighted by atomic mass is 19.1. The number of nitrogens with zero attached hydrogens (tertiary/aromatic N) is 2. The van der Waals surface area contributed by atoms with Gasteiger partial charge in [-0.1, -0.05) is 0 Å². The third-order valence-corrected chi connectivity index (χ3v) is 2.39. The molecule has 0 atom stereocenters. The van der Waals surface area contributed by atoms with Crippen LogP contribution in [0, 0.1) is 11.6 Å². The average Bonchev–Trinajstić information content (AvgIpc) is 2.72. The Bertz CT molecular complexity index is 508. The fourth-order valence-corrected chi connectivity index (χ4v) is 1.61. The molecule has 0 aliphatic rings. The molecule has 0 spiro atoms. The van der Waals surface area contributed by atoms with Gasteiger partial charge < -0.3 is 5.32 Å². The van der Waals surface area contributed by atoms with E-state index in [0.29, 0.717) is 12.1 Å². The Morgan fingerprint density at radius 1 is 1.29 bits per heavy atom. The Hall–Kier alpha value is -1.75. The van der Waals surface area contributed by atoms with Crippen LogP contribution in [-0.2, 0) is 13.1 Å². The molecule has 2 rings (SSSR count). The van der Waals surface area contributed by atoms with E-state index in [-0.39, 0.29) is 6.54 Å². The summed E-state index contributed by atoms with van der Waals surface area (Å²) in [5.41, 5.74) is 1.16. The van der Waals surface area contributed by atoms with E-state index in [1.54, 1.807) is 10.9 Å². The maximum atomic E-state index is 13.4. The second-order valence-electron chi connectivity index (χ2n) is 3.77. The van der Waals surface area contributed by atoms with Crippen LogP contribution in [0.2, 0.25) is 0 Å². The molecule has 0 radical (unpaired) electrons. The number of hydrogen-bond donors (Lipinski definition) is 1. The van der Waals surface area contributed by atoms with Gasteiger partial charge >= 0.3 is 0 Å². The van der Waals surface area contributed by atoms with E-state index in [1.807, 2.05) is 13.1 Å². The van der Waals surface area contributed by atoms with Crippen molar-refractivity contribution in [3.63, 3.8) is 0 Å². The molecular weight excluding hydrogens is 224 g/mol. The van der Waals surface area contributed by atoms with Gasteiger partial charge in [0.25, 0.3) is 0 Å². The largest absolute Gasteiger partial charge is 0.314 e. The van der Waals surface area contributed by atoms with Crippen molar-refractivity contribution in [2.24, 2.45) is 0 Å². The van der Waals surface area contributed by atoms with Gasteiger partial charge in [-0.15, -0.1) is 0 Å². The van der Waals surface area contributed by atoms with Crippen LogP contribution in [-0.4, -0.2) is 16.8 Å². The first-order chi connectivity index (χ1) is 8.19. The van der Waals surface area contributed by atoms with Crippen molar-refractivity contribution >= 4 is 0 Å². The van der Waals surface area contributed by atoms with Gasteiger partial charge in [-0.25, -0.2) is 8.78 Å². The topological polar surface area (TPSA) is 29.9 Å². The number of rotatable bonds is 4. The smallest absolute Gasteiger partial charge is 0.128 e. The van der Waals surface area contributed by atoms with Crippen molar-refractivity contribution in [1.29, 1.82) is 0 Å². The third kappa shape index (κ3) is 2.88. The number of halogens is 2. The van der Waals surface area contributed by atoms with Gasteiger partial charge in [0.15, 0.2) is 0 Å². The average molecular weight is 237 g/mol. The summed E-state index contributed by atoms with van der Waals surface area (Å²) in [7, 11) is 1.82. The van der Waals surface area contributed by atoms with Gasteiger partial charge in [-0.3, -0.25) is 4.68 Å². The first-order valence-electron chi connectivity index (χ1n) is 5.30. The first kappa shape index (κ1) is 11.7. The molecule has 5 heteroatoms. The molecule has 1 heterocycles. The van der Waals surface area contributed by atoms with E-state index in [4.69, 9.17) is 0 Å². The molecule has 1 aromatic carbocycles. The van der Waals surface area contributed by atoms with E-state index in [9.17, 15) is 8.78 Å². The number of aromatic nitrogens is 2. The second kappa shape index (κ2) is 5.05. The molecule has 0 saturated carbocycles. The van der Waals surface area contributed by atoms with Crippen LogP contribution in [0.4, 0.5) is 8.78 Å². The predicted octanol–water partition coefficient (Wildman–Crippen LogP) is 1.93. The molecule has 0 aliphatic carbocycles. The Morgan fingerprint density at radius 3 is 2.88 bits per heavy atom. The zero-order valence-corrected chi connectivity index (χ0v) is 9.45. The van der Waals surface area contributed by atoms with Gasteiger partial charge in [0.2, 0.25) is 0 Å². The van der Waals surface area contributed by atoms with E-state index >= 15 is 0 Å². The number of hydrogen-bond acceptors (Lipinski definition) is 2. The molecule has 17 heavy (non-hydrogen) atoms. The molecule has 0 saturated heterocycles. The van der Waals surface area contributed by atoms with Gasteiger partial charge in [0.05, 0.1) is 12.2 Å². The minimum Gasteiger partial charge on any atom is -0.314 e. The molecule has 2 aromatic rings. The molecule has 0 aliphatic heterocycles. The molecule has 0 unspecified atom stereocenters. The zero-order valence-electron chi connectivity index (χ0n) is 9.45. The molecular formula is C12H13F2N3. The van der Waals surface area contributed by atoms with E-state index < -0.39 is 11.6 Å². The lowest BCUT2D eigenvalue weighted by molar-refractivity contribution is 0.564. The van der Waals surface area contributed by atoms with Crippen molar-refractivity contribution in [3.8, 4) is 0 Å². The molecule has 0 amide bonds. The van der Waals surface area contributed by atoms with Crippen LogP contribution in [0.15, 0.2) is 30.5 Å². The van der Waals surface area contributed by atoms with Crippen LogP contribution >= 0.6 is 0 Å². The molecule has 1 aromatic heterocycles. The fourth-order valence-electron chi connectivity index (χ4n) is 1.61. The van der Waals surface area contributed by atoms with Crippen molar-refractivity contribution in [3.05, 3.63) is 53.4 Å². The summed E-state index contributed by atoms with van der Waals surface area (Å²) < 4.78 is 27.9. The highest BCUT2D eigenvalue weighted by Crippen LogP contribution is 2.11. The Morgan fingerprint density at radius 2 is 2.12 bits per heavy atom. The lowest BCUT2D eigenvalue weighted by atomic mass is 10.2. The van der Waals surface area contributed by atoms with Crippen molar-refractivity contribution in [2.75, 3.05) is 7.05 Å². The van der Waals surface area contributed by atoms with Crippen molar-refractivity contribution in [2.45, 2.75) is 13.1 Å². The fraction of sp³-hybridized carbons (Fsp3) is 0.250. The van der Waals surface area contributed by atoms with E-state index in [2.05, 4.69) is 10.4 Å².